The minimum absolute atomic E-state index is 0.0281. The summed E-state index contributed by atoms with van der Waals surface area (Å²) in [5.74, 6) is -0.189. The van der Waals surface area contributed by atoms with Crippen LogP contribution in [-0.2, 0) is 20.7 Å². The van der Waals surface area contributed by atoms with Crippen LogP contribution in [-0.4, -0.2) is 31.8 Å². The minimum Gasteiger partial charge on any atom is -0.457 e. The first kappa shape index (κ1) is 10.6. The summed E-state index contributed by atoms with van der Waals surface area (Å²) in [6.07, 6.45) is 0.731. The minimum atomic E-state index is -0.111. The smallest absolute Gasteiger partial charge is 0.311 e. The van der Waals surface area contributed by atoms with Gasteiger partial charge in [0.25, 0.3) is 0 Å². The molecular formula is C13H15NO3. The van der Waals surface area contributed by atoms with E-state index in [1.165, 1.54) is 5.56 Å². The first-order valence-electron chi connectivity index (χ1n) is 5.93. The van der Waals surface area contributed by atoms with Crippen molar-refractivity contribution in [1.29, 1.82) is 0 Å². The SMILES string of the molecule is O=C(OC1COC1)C1CNc2ccccc2C1. The highest BCUT2D eigenvalue weighted by atomic mass is 16.6. The third-order valence-electron chi connectivity index (χ3n) is 3.25. The third kappa shape index (κ3) is 2.13. The fourth-order valence-corrected chi connectivity index (χ4v) is 2.15. The number of para-hydroxylation sites is 1. The van der Waals surface area contributed by atoms with Gasteiger partial charge in [0.1, 0.15) is 6.10 Å². The number of hydrogen-bond donors (Lipinski definition) is 1. The fourth-order valence-electron chi connectivity index (χ4n) is 2.15. The molecule has 0 spiro atoms. The second kappa shape index (κ2) is 4.37. The van der Waals surface area contributed by atoms with Crippen LogP contribution in [0.3, 0.4) is 0 Å². The van der Waals surface area contributed by atoms with Gasteiger partial charge in [-0.3, -0.25) is 4.79 Å². The molecule has 1 saturated heterocycles. The molecule has 0 radical (unpaired) electrons. The lowest BCUT2D eigenvalue weighted by Crippen LogP contribution is -2.41. The van der Waals surface area contributed by atoms with E-state index >= 15 is 0 Å². The van der Waals surface area contributed by atoms with Crippen LogP contribution in [0.15, 0.2) is 24.3 Å². The zero-order chi connectivity index (χ0) is 11.7. The monoisotopic (exact) mass is 233 g/mol. The largest absolute Gasteiger partial charge is 0.457 e. The highest BCUT2D eigenvalue weighted by Crippen LogP contribution is 2.25. The van der Waals surface area contributed by atoms with Crippen LogP contribution in [0.4, 0.5) is 5.69 Å². The van der Waals surface area contributed by atoms with E-state index in [2.05, 4.69) is 5.32 Å². The van der Waals surface area contributed by atoms with Gasteiger partial charge < -0.3 is 14.8 Å². The Kier molecular flexibility index (Phi) is 2.73. The average molecular weight is 233 g/mol. The van der Waals surface area contributed by atoms with Crippen LogP contribution in [0.2, 0.25) is 0 Å². The van der Waals surface area contributed by atoms with E-state index in [0.29, 0.717) is 19.8 Å². The van der Waals surface area contributed by atoms with Crippen molar-refractivity contribution in [2.24, 2.45) is 5.92 Å². The molecule has 0 aromatic heterocycles. The number of carbonyl (C=O) groups is 1. The van der Waals surface area contributed by atoms with Crippen LogP contribution in [0.1, 0.15) is 5.56 Å². The van der Waals surface area contributed by atoms with Gasteiger partial charge in [-0.1, -0.05) is 18.2 Å². The maximum Gasteiger partial charge on any atom is 0.311 e. The molecule has 1 aromatic rings. The number of fused-ring (bicyclic) bond motifs is 1. The van der Waals surface area contributed by atoms with Gasteiger partial charge in [-0.05, 0) is 18.1 Å². The molecule has 3 rings (SSSR count). The number of nitrogens with one attached hydrogen (secondary N) is 1. The summed E-state index contributed by atoms with van der Waals surface area (Å²) in [6.45, 7) is 1.74. The van der Waals surface area contributed by atoms with E-state index in [-0.39, 0.29) is 18.0 Å². The predicted molar refractivity (Wildman–Crippen MR) is 62.8 cm³/mol. The predicted octanol–water partition coefficient (Wildman–Crippen LogP) is 1.21. The fraction of sp³-hybridized carbons (Fsp3) is 0.462. The molecule has 1 unspecified atom stereocenters. The Hall–Kier alpha value is -1.55. The number of ether oxygens (including phenoxy) is 2. The molecule has 17 heavy (non-hydrogen) atoms. The number of hydrogen-bond acceptors (Lipinski definition) is 4. The zero-order valence-electron chi connectivity index (χ0n) is 9.52. The Labute approximate surface area is 99.9 Å². The molecule has 1 aromatic carbocycles. The van der Waals surface area contributed by atoms with Crippen LogP contribution in [0, 0.1) is 5.92 Å². The summed E-state index contributed by atoms with van der Waals surface area (Å²) in [6, 6.07) is 8.08. The first-order valence-corrected chi connectivity index (χ1v) is 5.93. The molecule has 1 atom stereocenters. The van der Waals surface area contributed by atoms with Crippen LogP contribution in [0.5, 0.6) is 0 Å². The zero-order valence-corrected chi connectivity index (χ0v) is 9.52. The number of rotatable bonds is 2. The Balaban J connectivity index is 1.64. The topological polar surface area (TPSA) is 47.6 Å². The summed E-state index contributed by atoms with van der Waals surface area (Å²) < 4.78 is 10.3. The molecule has 1 N–H and O–H groups in total. The maximum absolute atomic E-state index is 11.9. The van der Waals surface area contributed by atoms with Crippen molar-refractivity contribution in [2.45, 2.75) is 12.5 Å². The van der Waals surface area contributed by atoms with Gasteiger partial charge >= 0.3 is 5.97 Å². The van der Waals surface area contributed by atoms with Crippen LogP contribution >= 0.6 is 0 Å². The van der Waals surface area contributed by atoms with Gasteiger partial charge in [-0.2, -0.15) is 0 Å². The van der Waals surface area contributed by atoms with E-state index in [1.807, 2.05) is 24.3 Å². The molecule has 0 bridgehead atoms. The van der Waals surface area contributed by atoms with Crippen LogP contribution < -0.4 is 5.32 Å². The Morgan fingerprint density at radius 1 is 1.35 bits per heavy atom. The van der Waals surface area contributed by atoms with E-state index in [0.717, 1.165) is 12.1 Å². The van der Waals surface area contributed by atoms with Gasteiger partial charge in [0, 0.05) is 12.2 Å². The number of anilines is 1. The highest BCUT2D eigenvalue weighted by molar-refractivity contribution is 5.75. The van der Waals surface area contributed by atoms with Gasteiger partial charge in [0.05, 0.1) is 19.1 Å². The highest BCUT2D eigenvalue weighted by Gasteiger charge is 2.30. The normalized spacial score (nSPS) is 23.2. The van der Waals surface area contributed by atoms with Crippen molar-refractivity contribution in [2.75, 3.05) is 25.1 Å². The summed E-state index contributed by atoms with van der Waals surface area (Å²) in [5, 5.41) is 3.27. The lowest BCUT2D eigenvalue weighted by molar-refractivity contribution is -0.176. The molecular weight excluding hydrogens is 218 g/mol. The molecule has 90 valence electrons. The first-order chi connectivity index (χ1) is 8.33. The standard InChI is InChI=1S/C13H15NO3/c15-13(17-11-7-16-8-11)10-5-9-3-1-2-4-12(9)14-6-10/h1-4,10-11,14H,5-8H2. The van der Waals surface area contributed by atoms with Gasteiger partial charge in [0.15, 0.2) is 0 Å². The van der Waals surface area contributed by atoms with Gasteiger partial charge in [-0.25, -0.2) is 0 Å². The average Bonchev–Trinajstić information content (AvgIpc) is 2.33. The van der Waals surface area contributed by atoms with Crippen molar-refractivity contribution in [3.63, 3.8) is 0 Å². The molecule has 0 aliphatic carbocycles. The quantitative estimate of drug-likeness (QED) is 0.780. The lowest BCUT2D eigenvalue weighted by Gasteiger charge is -2.30. The molecule has 2 aliphatic heterocycles. The van der Waals surface area contributed by atoms with E-state index < -0.39 is 0 Å². The number of benzene rings is 1. The van der Waals surface area contributed by atoms with E-state index in [9.17, 15) is 4.79 Å². The second-order valence-corrected chi connectivity index (χ2v) is 4.54. The molecule has 2 aliphatic rings. The molecule has 2 heterocycles. The van der Waals surface area contributed by atoms with Gasteiger partial charge in [-0.15, -0.1) is 0 Å². The Bertz CT molecular complexity index is 428. The molecule has 0 amide bonds. The van der Waals surface area contributed by atoms with E-state index in [4.69, 9.17) is 9.47 Å². The summed E-state index contributed by atoms with van der Waals surface area (Å²) >= 11 is 0. The maximum atomic E-state index is 11.9. The molecule has 4 nitrogen and oxygen atoms in total. The van der Waals surface area contributed by atoms with Crippen LogP contribution in [0.25, 0.3) is 0 Å². The number of carbonyl (C=O) groups excluding carboxylic acids is 1. The Morgan fingerprint density at radius 2 is 2.18 bits per heavy atom. The summed E-state index contributed by atoms with van der Waals surface area (Å²) in [5.41, 5.74) is 2.31. The van der Waals surface area contributed by atoms with E-state index in [1.54, 1.807) is 0 Å². The van der Waals surface area contributed by atoms with Crippen molar-refractivity contribution in [3.05, 3.63) is 29.8 Å². The van der Waals surface area contributed by atoms with Crippen molar-refractivity contribution in [1.82, 2.24) is 0 Å². The van der Waals surface area contributed by atoms with Crippen molar-refractivity contribution >= 4 is 11.7 Å². The third-order valence-corrected chi connectivity index (χ3v) is 3.25. The Morgan fingerprint density at radius 3 is 2.94 bits per heavy atom. The van der Waals surface area contributed by atoms with Crippen molar-refractivity contribution < 1.29 is 14.3 Å². The van der Waals surface area contributed by atoms with Gasteiger partial charge in [0.2, 0.25) is 0 Å². The lowest BCUT2D eigenvalue weighted by atomic mass is 9.94. The molecule has 1 fully saturated rings. The second-order valence-electron chi connectivity index (χ2n) is 4.54. The molecule has 4 heteroatoms. The summed E-state index contributed by atoms with van der Waals surface area (Å²) in [7, 11) is 0. The molecule has 0 saturated carbocycles. The number of esters is 1. The van der Waals surface area contributed by atoms with Crippen molar-refractivity contribution in [3.8, 4) is 0 Å². The summed E-state index contributed by atoms with van der Waals surface area (Å²) in [4.78, 5) is 11.9.